The van der Waals surface area contributed by atoms with Crippen LogP contribution in [0, 0.1) is 5.41 Å². The van der Waals surface area contributed by atoms with Crippen molar-refractivity contribution in [3.8, 4) is 0 Å². The second-order valence-corrected chi connectivity index (χ2v) is 4.81. The van der Waals surface area contributed by atoms with Gasteiger partial charge in [-0.1, -0.05) is 13.3 Å². The summed E-state index contributed by atoms with van der Waals surface area (Å²) in [5, 5.41) is 3.45. The molecule has 2 rings (SSSR count). The maximum Gasteiger partial charge on any atom is 0.00514 e. The highest BCUT2D eigenvalue weighted by atomic mass is 15.2. The van der Waals surface area contributed by atoms with Gasteiger partial charge in [-0.3, -0.25) is 0 Å². The van der Waals surface area contributed by atoms with E-state index < -0.39 is 0 Å². The largest absolute Gasteiger partial charge is 0.317 e. The fraction of sp³-hybridized carbons (Fsp3) is 1.00. The molecule has 2 heteroatoms. The number of nitrogens with zero attached hydrogens (tertiary/aromatic N) is 1. The van der Waals surface area contributed by atoms with Gasteiger partial charge >= 0.3 is 0 Å². The standard InChI is InChI=1S/C11H22N2/c1-2-3-8-13-9-11(10-13)4-6-12-7-5-11/h12H,2-10H2,1H3. The first-order valence-electron chi connectivity index (χ1n) is 5.78. The zero-order valence-electron chi connectivity index (χ0n) is 8.81. The molecule has 2 heterocycles. The Kier molecular flexibility index (Phi) is 2.89. The van der Waals surface area contributed by atoms with Crippen LogP contribution < -0.4 is 5.32 Å². The Morgan fingerprint density at radius 1 is 1.23 bits per heavy atom. The maximum absolute atomic E-state index is 3.45. The lowest BCUT2D eigenvalue weighted by molar-refractivity contribution is -0.0230. The monoisotopic (exact) mass is 182 g/mol. The molecule has 76 valence electrons. The average molecular weight is 182 g/mol. The number of unbranched alkanes of at least 4 members (excludes halogenated alkanes) is 1. The SMILES string of the molecule is CCCCN1CC2(CCNCC2)C1. The van der Waals surface area contributed by atoms with Crippen LogP contribution in [0.2, 0.25) is 0 Å². The van der Waals surface area contributed by atoms with Crippen molar-refractivity contribution in [2.45, 2.75) is 32.6 Å². The molecule has 1 spiro atoms. The molecule has 2 aliphatic rings. The third-order valence-corrected chi connectivity index (χ3v) is 3.61. The average Bonchev–Trinajstić information content (AvgIpc) is 2.13. The molecule has 2 saturated heterocycles. The summed E-state index contributed by atoms with van der Waals surface area (Å²) in [6.45, 7) is 8.89. The predicted octanol–water partition coefficient (Wildman–Crippen LogP) is 1.47. The van der Waals surface area contributed by atoms with Gasteiger partial charge < -0.3 is 10.2 Å². The van der Waals surface area contributed by atoms with Gasteiger partial charge in [0.05, 0.1) is 0 Å². The summed E-state index contributed by atoms with van der Waals surface area (Å²) in [6, 6.07) is 0. The van der Waals surface area contributed by atoms with E-state index in [1.807, 2.05) is 0 Å². The number of hydrogen-bond acceptors (Lipinski definition) is 2. The normalized spacial score (nSPS) is 27.5. The minimum absolute atomic E-state index is 0.735. The molecular formula is C11H22N2. The van der Waals surface area contributed by atoms with Gasteiger partial charge in [-0.25, -0.2) is 0 Å². The van der Waals surface area contributed by atoms with Crippen LogP contribution in [0.3, 0.4) is 0 Å². The van der Waals surface area contributed by atoms with Gasteiger partial charge in [0.25, 0.3) is 0 Å². The van der Waals surface area contributed by atoms with E-state index in [4.69, 9.17) is 0 Å². The number of nitrogens with one attached hydrogen (secondary N) is 1. The molecule has 0 aromatic rings. The molecule has 0 unspecified atom stereocenters. The summed E-state index contributed by atoms with van der Waals surface area (Å²) >= 11 is 0. The van der Waals surface area contributed by atoms with Crippen LogP contribution in [0.5, 0.6) is 0 Å². The first-order chi connectivity index (χ1) is 6.35. The quantitative estimate of drug-likeness (QED) is 0.711. The Morgan fingerprint density at radius 3 is 2.54 bits per heavy atom. The molecular weight excluding hydrogens is 160 g/mol. The number of hydrogen-bond donors (Lipinski definition) is 1. The maximum atomic E-state index is 3.45. The number of piperidine rings is 1. The highest BCUT2D eigenvalue weighted by Crippen LogP contribution is 2.38. The van der Waals surface area contributed by atoms with Gasteiger partial charge in [-0.2, -0.15) is 0 Å². The third-order valence-electron chi connectivity index (χ3n) is 3.61. The Hall–Kier alpha value is -0.0800. The molecule has 0 aromatic carbocycles. The first-order valence-corrected chi connectivity index (χ1v) is 5.78. The van der Waals surface area contributed by atoms with Crippen LogP contribution in [-0.4, -0.2) is 37.6 Å². The van der Waals surface area contributed by atoms with E-state index in [2.05, 4.69) is 17.1 Å². The second kappa shape index (κ2) is 3.97. The Morgan fingerprint density at radius 2 is 1.92 bits per heavy atom. The van der Waals surface area contributed by atoms with Crippen LogP contribution in [-0.2, 0) is 0 Å². The summed E-state index contributed by atoms with van der Waals surface area (Å²) in [4.78, 5) is 2.63. The smallest absolute Gasteiger partial charge is 0.00514 e. The molecule has 2 aliphatic heterocycles. The first kappa shape index (κ1) is 9.47. The highest BCUT2D eigenvalue weighted by molar-refractivity contribution is 4.97. The zero-order valence-corrected chi connectivity index (χ0v) is 8.81. The molecule has 0 radical (unpaired) electrons. The minimum atomic E-state index is 0.735. The molecule has 0 atom stereocenters. The van der Waals surface area contributed by atoms with Crippen LogP contribution in [0.25, 0.3) is 0 Å². The van der Waals surface area contributed by atoms with Crippen molar-refractivity contribution >= 4 is 0 Å². The van der Waals surface area contributed by atoms with Crippen molar-refractivity contribution in [3.63, 3.8) is 0 Å². The molecule has 0 aliphatic carbocycles. The highest BCUT2D eigenvalue weighted by Gasteiger charge is 2.42. The Labute approximate surface area is 81.7 Å². The van der Waals surface area contributed by atoms with Crippen LogP contribution >= 0.6 is 0 Å². The summed E-state index contributed by atoms with van der Waals surface area (Å²) < 4.78 is 0. The van der Waals surface area contributed by atoms with Gasteiger partial charge in [0.2, 0.25) is 0 Å². The van der Waals surface area contributed by atoms with Crippen molar-refractivity contribution in [1.29, 1.82) is 0 Å². The predicted molar refractivity (Wildman–Crippen MR) is 55.9 cm³/mol. The summed E-state index contributed by atoms with van der Waals surface area (Å²) in [7, 11) is 0. The van der Waals surface area contributed by atoms with Crippen molar-refractivity contribution in [2.75, 3.05) is 32.7 Å². The molecule has 0 saturated carbocycles. The van der Waals surface area contributed by atoms with Crippen molar-refractivity contribution in [3.05, 3.63) is 0 Å². The van der Waals surface area contributed by atoms with E-state index in [1.165, 1.54) is 58.4 Å². The molecule has 2 fully saturated rings. The second-order valence-electron chi connectivity index (χ2n) is 4.81. The fourth-order valence-corrected chi connectivity index (χ4v) is 2.72. The zero-order chi connectivity index (χ0) is 9.15. The molecule has 0 bridgehead atoms. The summed E-state index contributed by atoms with van der Waals surface area (Å²) in [6.07, 6.45) is 5.55. The minimum Gasteiger partial charge on any atom is -0.317 e. The van der Waals surface area contributed by atoms with E-state index in [0.29, 0.717) is 0 Å². The van der Waals surface area contributed by atoms with E-state index >= 15 is 0 Å². The Bertz CT molecular complexity index is 153. The molecule has 1 N–H and O–H groups in total. The van der Waals surface area contributed by atoms with Crippen molar-refractivity contribution in [1.82, 2.24) is 10.2 Å². The van der Waals surface area contributed by atoms with Crippen LogP contribution in [0.4, 0.5) is 0 Å². The summed E-state index contributed by atoms with van der Waals surface area (Å²) in [5.74, 6) is 0. The molecule has 2 nitrogen and oxygen atoms in total. The Balaban J connectivity index is 1.69. The number of rotatable bonds is 3. The van der Waals surface area contributed by atoms with Crippen molar-refractivity contribution in [2.24, 2.45) is 5.41 Å². The number of likely N-dealkylation sites (tertiary alicyclic amines) is 1. The summed E-state index contributed by atoms with van der Waals surface area (Å²) in [5.41, 5.74) is 0.735. The lowest BCUT2D eigenvalue weighted by atomic mass is 9.72. The van der Waals surface area contributed by atoms with E-state index in [1.54, 1.807) is 0 Å². The third kappa shape index (κ3) is 2.05. The lowest BCUT2D eigenvalue weighted by Crippen LogP contribution is -2.59. The van der Waals surface area contributed by atoms with Crippen LogP contribution in [0.1, 0.15) is 32.6 Å². The van der Waals surface area contributed by atoms with Gasteiger partial charge in [0.15, 0.2) is 0 Å². The van der Waals surface area contributed by atoms with E-state index in [9.17, 15) is 0 Å². The molecule has 13 heavy (non-hydrogen) atoms. The van der Waals surface area contributed by atoms with Gasteiger partial charge in [-0.05, 0) is 44.3 Å². The van der Waals surface area contributed by atoms with E-state index in [-0.39, 0.29) is 0 Å². The van der Waals surface area contributed by atoms with Gasteiger partial charge in [0.1, 0.15) is 0 Å². The van der Waals surface area contributed by atoms with Crippen LogP contribution in [0.15, 0.2) is 0 Å². The van der Waals surface area contributed by atoms with E-state index in [0.717, 1.165) is 5.41 Å². The lowest BCUT2D eigenvalue weighted by Gasteiger charge is -2.52. The molecule has 0 aromatic heterocycles. The van der Waals surface area contributed by atoms with Gasteiger partial charge in [0, 0.05) is 13.1 Å². The molecule has 0 amide bonds. The van der Waals surface area contributed by atoms with Gasteiger partial charge in [-0.15, -0.1) is 0 Å². The van der Waals surface area contributed by atoms with Crippen molar-refractivity contribution < 1.29 is 0 Å². The topological polar surface area (TPSA) is 15.3 Å². The fourth-order valence-electron chi connectivity index (χ4n) is 2.72.